The average Bonchev–Trinajstić information content (AvgIpc) is 3.06. The van der Waals surface area contributed by atoms with E-state index < -0.39 is 0 Å². The van der Waals surface area contributed by atoms with Gasteiger partial charge < -0.3 is 9.26 Å². The van der Waals surface area contributed by atoms with Crippen molar-refractivity contribution in [3.05, 3.63) is 17.7 Å². The zero-order valence-corrected chi connectivity index (χ0v) is 10.9. The van der Waals surface area contributed by atoms with Gasteiger partial charge in [-0.2, -0.15) is 15.3 Å². The number of rotatable bonds is 6. The summed E-state index contributed by atoms with van der Waals surface area (Å²) in [5, 5.41) is 19.2. The van der Waals surface area contributed by atoms with Gasteiger partial charge in [0.1, 0.15) is 17.9 Å². The van der Waals surface area contributed by atoms with Crippen LogP contribution < -0.4 is 0 Å². The standard InChI is InChI=1S/C12H15N5O2/c1-3-5-10(18-4-2)11-15-12(19-17-11)8-7-14-16-9(8)6-13/h7,10H,3-5H2,1-2H3,(H,14,16). The zero-order chi connectivity index (χ0) is 13.7. The molecule has 0 aliphatic rings. The minimum Gasteiger partial charge on any atom is -0.370 e. The molecular weight excluding hydrogens is 246 g/mol. The smallest absolute Gasteiger partial charge is 0.262 e. The van der Waals surface area contributed by atoms with E-state index in [0.717, 1.165) is 12.8 Å². The van der Waals surface area contributed by atoms with Crippen LogP contribution in [-0.4, -0.2) is 26.9 Å². The lowest BCUT2D eigenvalue weighted by atomic mass is 10.2. The fourth-order valence-electron chi connectivity index (χ4n) is 1.76. The highest BCUT2D eigenvalue weighted by Crippen LogP contribution is 2.24. The highest BCUT2D eigenvalue weighted by Gasteiger charge is 2.20. The number of aromatic amines is 1. The maximum absolute atomic E-state index is 8.92. The van der Waals surface area contributed by atoms with Gasteiger partial charge in [-0.25, -0.2) is 0 Å². The van der Waals surface area contributed by atoms with Gasteiger partial charge >= 0.3 is 0 Å². The van der Waals surface area contributed by atoms with E-state index in [0.29, 0.717) is 23.7 Å². The predicted molar refractivity (Wildman–Crippen MR) is 65.9 cm³/mol. The molecule has 7 nitrogen and oxygen atoms in total. The Morgan fingerprint density at radius 2 is 2.37 bits per heavy atom. The minimum atomic E-state index is -0.176. The molecule has 2 aromatic heterocycles. The second-order valence-corrected chi connectivity index (χ2v) is 3.96. The first-order valence-corrected chi connectivity index (χ1v) is 6.19. The van der Waals surface area contributed by atoms with Gasteiger partial charge in [-0.05, 0) is 13.3 Å². The van der Waals surface area contributed by atoms with E-state index in [2.05, 4.69) is 27.3 Å². The maximum atomic E-state index is 8.92. The molecule has 19 heavy (non-hydrogen) atoms. The van der Waals surface area contributed by atoms with Gasteiger partial charge in [0.25, 0.3) is 5.89 Å². The average molecular weight is 261 g/mol. The molecule has 0 bridgehead atoms. The highest BCUT2D eigenvalue weighted by atomic mass is 16.5. The molecule has 0 saturated heterocycles. The zero-order valence-electron chi connectivity index (χ0n) is 10.9. The topological polar surface area (TPSA) is 101 Å². The number of hydrogen-bond acceptors (Lipinski definition) is 6. The Bertz CT molecular complexity index is 563. The van der Waals surface area contributed by atoms with Crippen molar-refractivity contribution in [3.8, 4) is 17.5 Å². The predicted octanol–water partition coefficient (Wildman–Crippen LogP) is 2.21. The SMILES string of the molecule is CCCC(OCC)c1noc(-c2cn[nH]c2C#N)n1. The van der Waals surface area contributed by atoms with Crippen LogP contribution in [0.2, 0.25) is 0 Å². The fraction of sp³-hybridized carbons (Fsp3) is 0.500. The molecule has 2 rings (SSSR count). The number of nitriles is 1. The Hall–Kier alpha value is -2.20. The molecule has 0 aliphatic carbocycles. The second-order valence-electron chi connectivity index (χ2n) is 3.96. The number of H-pyrrole nitrogens is 1. The van der Waals surface area contributed by atoms with Crippen molar-refractivity contribution in [1.29, 1.82) is 5.26 Å². The molecule has 2 heterocycles. The lowest BCUT2D eigenvalue weighted by Crippen LogP contribution is -2.05. The van der Waals surface area contributed by atoms with E-state index in [1.54, 1.807) is 0 Å². The Balaban J connectivity index is 2.25. The molecule has 0 saturated carbocycles. The van der Waals surface area contributed by atoms with Crippen LogP contribution in [0.25, 0.3) is 11.5 Å². The van der Waals surface area contributed by atoms with Crippen LogP contribution in [0, 0.1) is 11.3 Å². The van der Waals surface area contributed by atoms with Crippen molar-refractivity contribution >= 4 is 0 Å². The lowest BCUT2D eigenvalue weighted by molar-refractivity contribution is 0.0478. The van der Waals surface area contributed by atoms with Gasteiger partial charge in [0, 0.05) is 6.61 Å². The molecule has 1 N–H and O–H groups in total. The van der Waals surface area contributed by atoms with Crippen LogP contribution in [0.3, 0.4) is 0 Å². The molecule has 0 aliphatic heterocycles. The minimum absolute atomic E-state index is 0.176. The first-order valence-electron chi connectivity index (χ1n) is 6.19. The van der Waals surface area contributed by atoms with Gasteiger partial charge in [-0.3, -0.25) is 5.10 Å². The second kappa shape index (κ2) is 6.11. The molecule has 0 fully saturated rings. The first kappa shape index (κ1) is 13.2. The van der Waals surface area contributed by atoms with Crippen molar-refractivity contribution in [2.24, 2.45) is 0 Å². The van der Waals surface area contributed by atoms with Gasteiger partial charge in [-0.15, -0.1) is 0 Å². The van der Waals surface area contributed by atoms with Crippen molar-refractivity contribution in [1.82, 2.24) is 20.3 Å². The van der Waals surface area contributed by atoms with Crippen molar-refractivity contribution < 1.29 is 9.26 Å². The third-order valence-corrected chi connectivity index (χ3v) is 2.63. The summed E-state index contributed by atoms with van der Waals surface area (Å²) in [5.41, 5.74) is 0.812. The summed E-state index contributed by atoms with van der Waals surface area (Å²) in [6.45, 7) is 4.58. The van der Waals surface area contributed by atoms with Crippen LogP contribution >= 0.6 is 0 Å². The van der Waals surface area contributed by atoms with E-state index in [1.807, 2.05) is 13.0 Å². The van der Waals surface area contributed by atoms with Gasteiger partial charge in [-0.1, -0.05) is 18.5 Å². The molecule has 1 atom stereocenters. The first-order chi connectivity index (χ1) is 9.30. The quantitative estimate of drug-likeness (QED) is 0.855. The lowest BCUT2D eigenvalue weighted by Gasteiger charge is -2.10. The van der Waals surface area contributed by atoms with Crippen LogP contribution in [0.4, 0.5) is 0 Å². The van der Waals surface area contributed by atoms with E-state index >= 15 is 0 Å². The van der Waals surface area contributed by atoms with Crippen LogP contribution in [0.1, 0.15) is 44.3 Å². The Kier molecular flexibility index (Phi) is 4.26. The molecule has 7 heteroatoms. The van der Waals surface area contributed by atoms with E-state index in [1.165, 1.54) is 6.20 Å². The monoisotopic (exact) mass is 261 g/mol. The van der Waals surface area contributed by atoms with E-state index in [9.17, 15) is 0 Å². The summed E-state index contributed by atoms with van der Waals surface area (Å²) < 4.78 is 10.8. The van der Waals surface area contributed by atoms with Crippen molar-refractivity contribution in [3.63, 3.8) is 0 Å². The highest BCUT2D eigenvalue weighted by molar-refractivity contribution is 5.59. The number of nitrogens with one attached hydrogen (secondary N) is 1. The van der Waals surface area contributed by atoms with Crippen LogP contribution in [-0.2, 0) is 4.74 Å². The van der Waals surface area contributed by atoms with Crippen LogP contribution in [0.5, 0.6) is 0 Å². The largest absolute Gasteiger partial charge is 0.370 e. The normalized spacial score (nSPS) is 12.3. The van der Waals surface area contributed by atoms with Gasteiger partial charge in [0.2, 0.25) is 5.82 Å². The number of aromatic nitrogens is 4. The number of nitrogens with zero attached hydrogens (tertiary/aromatic N) is 4. The molecule has 0 spiro atoms. The number of hydrogen-bond donors (Lipinski definition) is 1. The van der Waals surface area contributed by atoms with Gasteiger partial charge in [0.15, 0.2) is 0 Å². The molecule has 1 unspecified atom stereocenters. The summed E-state index contributed by atoms with van der Waals surface area (Å²) in [6.07, 6.45) is 3.10. The third-order valence-electron chi connectivity index (χ3n) is 2.63. The summed E-state index contributed by atoms with van der Waals surface area (Å²) in [5.74, 6) is 0.782. The van der Waals surface area contributed by atoms with E-state index in [-0.39, 0.29) is 12.0 Å². The van der Waals surface area contributed by atoms with Gasteiger partial charge in [0.05, 0.1) is 11.8 Å². The Morgan fingerprint density at radius 3 is 3.05 bits per heavy atom. The molecule has 0 aromatic carbocycles. The summed E-state index contributed by atoms with van der Waals surface area (Å²) in [7, 11) is 0. The summed E-state index contributed by atoms with van der Waals surface area (Å²) in [4.78, 5) is 4.28. The fourth-order valence-corrected chi connectivity index (χ4v) is 1.76. The van der Waals surface area contributed by atoms with Crippen LogP contribution in [0.15, 0.2) is 10.7 Å². The van der Waals surface area contributed by atoms with Crippen molar-refractivity contribution in [2.45, 2.75) is 32.8 Å². The molecule has 0 radical (unpaired) electrons. The molecule has 2 aromatic rings. The Labute approximate surface area is 110 Å². The molecular formula is C12H15N5O2. The third kappa shape index (κ3) is 2.80. The molecule has 100 valence electrons. The summed E-state index contributed by atoms with van der Waals surface area (Å²) >= 11 is 0. The molecule has 0 amide bonds. The Morgan fingerprint density at radius 1 is 1.53 bits per heavy atom. The summed E-state index contributed by atoms with van der Waals surface area (Å²) in [6, 6.07) is 1.99. The maximum Gasteiger partial charge on any atom is 0.262 e. The van der Waals surface area contributed by atoms with E-state index in [4.69, 9.17) is 14.5 Å². The van der Waals surface area contributed by atoms with Crippen molar-refractivity contribution in [2.75, 3.05) is 6.61 Å². The number of ether oxygens (including phenoxy) is 1.